The SMILES string of the molecule is O=C(CN1C(=O)NC2(CCCCC2)C1=O)NCCNC(=O)C1CCCC1. The van der Waals surface area contributed by atoms with E-state index in [-0.39, 0.29) is 30.8 Å². The number of amides is 5. The third-order valence-corrected chi connectivity index (χ3v) is 5.73. The van der Waals surface area contributed by atoms with Crippen LogP contribution in [0.1, 0.15) is 57.8 Å². The first kappa shape index (κ1) is 18.7. The zero-order valence-corrected chi connectivity index (χ0v) is 15.1. The average molecular weight is 364 g/mol. The summed E-state index contributed by atoms with van der Waals surface area (Å²) in [5.74, 6) is -0.531. The molecule has 1 spiro atoms. The van der Waals surface area contributed by atoms with Crippen LogP contribution < -0.4 is 16.0 Å². The number of nitrogens with zero attached hydrogens (tertiary/aromatic N) is 1. The van der Waals surface area contributed by atoms with Crippen LogP contribution in [0.25, 0.3) is 0 Å². The van der Waals surface area contributed by atoms with E-state index in [9.17, 15) is 19.2 Å². The maximum atomic E-state index is 12.6. The van der Waals surface area contributed by atoms with Gasteiger partial charge in [-0.25, -0.2) is 4.79 Å². The first-order chi connectivity index (χ1) is 12.5. The number of rotatable bonds is 6. The molecule has 0 radical (unpaired) electrons. The predicted octanol–water partition coefficient (Wildman–Crippen LogP) is 0.664. The van der Waals surface area contributed by atoms with E-state index in [0.717, 1.165) is 49.8 Å². The van der Waals surface area contributed by atoms with Crippen LogP contribution >= 0.6 is 0 Å². The lowest BCUT2D eigenvalue weighted by Gasteiger charge is -2.30. The molecule has 0 aromatic heterocycles. The molecule has 0 unspecified atom stereocenters. The quantitative estimate of drug-likeness (QED) is 0.475. The summed E-state index contributed by atoms with van der Waals surface area (Å²) in [6.07, 6.45) is 8.24. The Labute approximate surface area is 153 Å². The lowest BCUT2D eigenvalue weighted by molar-refractivity contribution is -0.135. The van der Waals surface area contributed by atoms with Crippen molar-refractivity contribution in [2.45, 2.75) is 63.3 Å². The minimum Gasteiger partial charge on any atom is -0.354 e. The van der Waals surface area contributed by atoms with Crippen LogP contribution in [0, 0.1) is 5.92 Å². The second kappa shape index (κ2) is 8.05. The number of carbonyl (C=O) groups is 4. The van der Waals surface area contributed by atoms with Gasteiger partial charge in [0.05, 0.1) is 0 Å². The van der Waals surface area contributed by atoms with Gasteiger partial charge in [0, 0.05) is 19.0 Å². The Morgan fingerprint density at radius 3 is 2.35 bits per heavy atom. The van der Waals surface area contributed by atoms with E-state index in [1.165, 1.54) is 0 Å². The molecule has 1 aliphatic heterocycles. The van der Waals surface area contributed by atoms with Gasteiger partial charge in [-0.1, -0.05) is 32.1 Å². The molecule has 0 bridgehead atoms. The highest BCUT2D eigenvalue weighted by molar-refractivity contribution is 6.09. The molecule has 3 fully saturated rings. The van der Waals surface area contributed by atoms with Gasteiger partial charge in [-0.15, -0.1) is 0 Å². The van der Waals surface area contributed by atoms with Crippen LogP contribution in [0.2, 0.25) is 0 Å². The highest BCUT2D eigenvalue weighted by atomic mass is 16.2. The summed E-state index contributed by atoms with van der Waals surface area (Å²) in [5.41, 5.74) is -0.801. The van der Waals surface area contributed by atoms with E-state index in [0.29, 0.717) is 19.4 Å². The van der Waals surface area contributed by atoms with Crippen LogP contribution in [0.4, 0.5) is 4.79 Å². The lowest BCUT2D eigenvalue weighted by Crippen LogP contribution is -2.49. The smallest absolute Gasteiger partial charge is 0.325 e. The van der Waals surface area contributed by atoms with Gasteiger partial charge in [-0.2, -0.15) is 0 Å². The van der Waals surface area contributed by atoms with Crippen LogP contribution in [0.3, 0.4) is 0 Å². The fraction of sp³-hybridized carbons (Fsp3) is 0.778. The fourth-order valence-electron chi connectivity index (χ4n) is 4.23. The predicted molar refractivity (Wildman–Crippen MR) is 94.0 cm³/mol. The van der Waals surface area contributed by atoms with Gasteiger partial charge in [0.15, 0.2) is 0 Å². The summed E-state index contributed by atoms with van der Waals surface area (Å²) in [6.45, 7) is 0.361. The number of urea groups is 1. The topological polar surface area (TPSA) is 108 Å². The number of imide groups is 1. The first-order valence-corrected chi connectivity index (χ1v) is 9.70. The van der Waals surface area contributed by atoms with E-state index >= 15 is 0 Å². The first-order valence-electron chi connectivity index (χ1n) is 9.70. The average Bonchev–Trinajstić information content (AvgIpc) is 3.24. The molecule has 26 heavy (non-hydrogen) atoms. The zero-order chi connectivity index (χ0) is 18.6. The number of carbonyl (C=O) groups excluding carboxylic acids is 4. The van der Waals surface area contributed by atoms with E-state index in [4.69, 9.17) is 0 Å². The number of hydrogen-bond acceptors (Lipinski definition) is 4. The van der Waals surface area contributed by atoms with Crippen molar-refractivity contribution in [3.05, 3.63) is 0 Å². The van der Waals surface area contributed by atoms with Crippen LogP contribution in [0.15, 0.2) is 0 Å². The zero-order valence-electron chi connectivity index (χ0n) is 15.1. The molecular formula is C18H28N4O4. The third-order valence-electron chi connectivity index (χ3n) is 5.73. The van der Waals surface area contributed by atoms with E-state index in [1.807, 2.05) is 0 Å². The summed E-state index contributed by atoms with van der Waals surface area (Å²) in [7, 11) is 0. The van der Waals surface area contributed by atoms with Crippen molar-refractivity contribution in [1.82, 2.24) is 20.9 Å². The third kappa shape index (κ3) is 3.99. The van der Waals surface area contributed by atoms with Crippen molar-refractivity contribution in [2.24, 2.45) is 5.92 Å². The fourth-order valence-corrected chi connectivity index (χ4v) is 4.23. The molecule has 8 nitrogen and oxygen atoms in total. The molecule has 144 valence electrons. The van der Waals surface area contributed by atoms with Crippen molar-refractivity contribution in [1.29, 1.82) is 0 Å². The molecule has 2 aliphatic carbocycles. The molecule has 0 atom stereocenters. The second-order valence-corrected chi connectivity index (χ2v) is 7.59. The summed E-state index contributed by atoms with van der Waals surface area (Å²) >= 11 is 0. The summed E-state index contributed by atoms with van der Waals surface area (Å²) < 4.78 is 0. The number of hydrogen-bond donors (Lipinski definition) is 3. The van der Waals surface area contributed by atoms with E-state index in [1.54, 1.807) is 0 Å². The van der Waals surface area contributed by atoms with Crippen molar-refractivity contribution >= 4 is 23.8 Å². The maximum Gasteiger partial charge on any atom is 0.325 e. The standard InChI is InChI=1S/C18H28N4O4/c23-14(19-10-11-20-15(24)13-6-2-3-7-13)12-22-16(25)18(21-17(22)26)8-4-1-5-9-18/h13H,1-12H2,(H,19,23)(H,20,24)(H,21,26). The molecule has 0 aromatic carbocycles. The second-order valence-electron chi connectivity index (χ2n) is 7.59. The molecule has 1 saturated heterocycles. The molecule has 2 saturated carbocycles. The van der Waals surface area contributed by atoms with Crippen molar-refractivity contribution in [3.63, 3.8) is 0 Å². The van der Waals surface area contributed by atoms with E-state index in [2.05, 4.69) is 16.0 Å². The van der Waals surface area contributed by atoms with Gasteiger partial charge in [0.1, 0.15) is 12.1 Å². The Morgan fingerprint density at radius 1 is 1.00 bits per heavy atom. The van der Waals surface area contributed by atoms with Gasteiger partial charge >= 0.3 is 6.03 Å². The Morgan fingerprint density at radius 2 is 1.65 bits per heavy atom. The van der Waals surface area contributed by atoms with Gasteiger partial charge in [0.25, 0.3) is 5.91 Å². The molecule has 3 N–H and O–H groups in total. The van der Waals surface area contributed by atoms with E-state index < -0.39 is 17.5 Å². The maximum absolute atomic E-state index is 12.6. The largest absolute Gasteiger partial charge is 0.354 e. The highest BCUT2D eigenvalue weighted by Crippen LogP contribution is 2.33. The minimum atomic E-state index is -0.801. The molecule has 1 heterocycles. The van der Waals surface area contributed by atoms with Gasteiger partial charge in [-0.3, -0.25) is 19.3 Å². The summed E-state index contributed by atoms with van der Waals surface area (Å²) in [6, 6.07) is -0.485. The molecule has 3 aliphatic rings. The Kier molecular flexibility index (Phi) is 5.78. The highest BCUT2D eigenvalue weighted by Gasteiger charge is 2.51. The molecule has 5 amide bonds. The lowest BCUT2D eigenvalue weighted by atomic mass is 9.82. The molecule has 3 rings (SSSR count). The van der Waals surface area contributed by atoms with Crippen molar-refractivity contribution in [2.75, 3.05) is 19.6 Å². The van der Waals surface area contributed by atoms with Gasteiger partial charge < -0.3 is 16.0 Å². The molecule has 0 aromatic rings. The van der Waals surface area contributed by atoms with Crippen LogP contribution in [-0.2, 0) is 14.4 Å². The normalized spacial score (nSPS) is 22.5. The van der Waals surface area contributed by atoms with Crippen molar-refractivity contribution in [3.8, 4) is 0 Å². The van der Waals surface area contributed by atoms with Gasteiger partial charge in [0.2, 0.25) is 11.8 Å². The minimum absolute atomic E-state index is 0.0464. The van der Waals surface area contributed by atoms with Gasteiger partial charge in [-0.05, 0) is 25.7 Å². The molecule has 8 heteroatoms. The Bertz CT molecular complexity index is 580. The van der Waals surface area contributed by atoms with Crippen molar-refractivity contribution < 1.29 is 19.2 Å². The summed E-state index contributed by atoms with van der Waals surface area (Å²) in [4.78, 5) is 49.7. The van der Waals surface area contributed by atoms with Crippen LogP contribution in [0.5, 0.6) is 0 Å². The molecular weight excluding hydrogens is 336 g/mol. The van der Waals surface area contributed by atoms with Crippen LogP contribution in [-0.4, -0.2) is 53.8 Å². The monoisotopic (exact) mass is 364 g/mol. The Balaban J connectivity index is 1.39. The number of nitrogens with one attached hydrogen (secondary N) is 3. The summed E-state index contributed by atoms with van der Waals surface area (Å²) in [5, 5.41) is 8.27. The Hall–Kier alpha value is -2.12.